The summed E-state index contributed by atoms with van der Waals surface area (Å²) in [6.07, 6.45) is 0. The van der Waals surface area contributed by atoms with Gasteiger partial charge in [-0.15, -0.1) is 4.91 Å². The Morgan fingerprint density at radius 1 is 1.33 bits per heavy atom. The summed E-state index contributed by atoms with van der Waals surface area (Å²) in [7, 11) is 0. The van der Waals surface area contributed by atoms with E-state index in [-0.39, 0.29) is 17.0 Å². The number of hydrogen-bond acceptors (Lipinski definition) is 5. The van der Waals surface area contributed by atoms with E-state index >= 15 is 0 Å². The van der Waals surface area contributed by atoms with Crippen LogP contribution in [0.15, 0.2) is 32.6 Å². The molecule has 5 nitrogen and oxygen atoms in total. The molecule has 0 spiro atoms. The Labute approximate surface area is 83.9 Å². The van der Waals surface area contributed by atoms with Gasteiger partial charge in [0.25, 0.3) is 0 Å². The number of aryl methyl sites for hydroxylation is 1. The standard InChI is InChI=1S/C10H7NO4/c1-5-2-10(13)15-9-4-7(11-14)8(12)3-6(5)9/h2-4,12H,1H3. The Balaban J connectivity index is 2.93. The number of rotatable bonds is 1. The Bertz CT molecular complexity index is 600. The first-order valence-corrected chi connectivity index (χ1v) is 4.22. The van der Waals surface area contributed by atoms with E-state index in [0.717, 1.165) is 0 Å². The maximum absolute atomic E-state index is 11.1. The third kappa shape index (κ3) is 1.48. The van der Waals surface area contributed by atoms with E-state index in [9.17, 15) is 14.8 Å². The van der Waals surface area contributed by atoms with Crippen LogP contribution < -0.4 is 5.63 Å². The molecule has 2 rings (SSSR count). The molecule has 0 fully saturated rings. The lowest BCUT2D eigenvalue weighted by molar-refractivity contribution is 0.476. The fourth-order valence-corrected chi connectivity index (χ4v) is 1.42. The average Bonchev–Trinajstić information content (AvgIpc) is 2.18. The second kappa shape index (κ2) is 3.20. The lowest BCUT2D eigenvalue weighted by Gasteiger charge is -2.01. The molecule has 1 aromatic heterocycles. The number of fused-ring (bicyclic) bond motifs is 1. The molecule has 2 aromatic rings. The molecule has 1 N–H and O–H groups in total. The van der Waals surface area contributed by atoms with Gasteiger partial charge in [0.15, 0.2) is 5.69 Å². The van der Waals surface area contributed by atoms with Crippen LogP contribution in [-0.4, -0.2) is 5.11 Å². The topological polar surface area (TPSA) is 79.9 Å². The molecule has 0 aliphatic carbocycles. The lowest BCUT2D eigenvalue weighted by atomic mass is 10.1. The molecule has 0 aliphatic heterocycles. The number of phenolic OH excluding ortho intramolecular Hbond substituents is 1. The summed E-state index contributed by atoms with van der Waals surface area (Å²) < 4.78 is 4.87. The fraction of sp³-hybridized carbons (Fsp3) is 0.100. The molecule has 5 heteroatoms. The van der Waals surface area contributed by atoms with Crippen LogP contribution >= 0.6 is 0 Å². The lowest BCUT2D eigenvalue weighted by Crippen LogP contribution is -1.97. The Kier molecular flexibility index (Phi) is 2.00. The van der Waals surface area contributed by atoms with Crippen LogP contribution in [0.4, 0.5) is 5.69 Å². The van der Waals surface area contributed by atoms with E-state index in [1.54, 1.807) is 6.92 Å². The van der Waals surface area contributed by atoms with Gasteiger partial charge < -0.3 is 9.52 Å². The molecule has 76 valence electrons. The smallest absolute Gasteiger partial charge is 0.336 e. The number of benzene rings is 1. The molecule has 0 saturated carbocycles. The molecular formula is C10H7NO4. The zero-order chi connectivity index (χ0) is 11.0. The van der Waals surface area contributed by atoms with Crippen LogP contribution in [0.3, 0.4) is 0 Å². The highest BCUT2D eigenvalue weighted by Crippen LogP contribution is 2.31. The summed E-state index contributed by atoms with van der Waals surface area (Å²) in [6.45, 7) is 1.71. The summed E-state index contributed by atoms with van der Waals surface area (Å²) in [4.78, 5) is 21.4. The zero-order valence-corrected chi connectivity index (χ0v) is 7.85. The zero-order valence-electron chi connectivity index (χ0n) is 7.85. The Morgan fingerprint density at radius 2 is 2.07 bits per heavy atom. The van der Waals surface area contributed by atoms with E-state index < -0.39 is 5.63 Å². The van der Waals surface area contributed by atoms with Crippen LogP contribution in [0.25, 0.3) is 11.0 Å². The van der Waals surface area contributed by atoms with Crippen molar-refractivity contribution in [3.8, 4) is 5.75 Å². The normalized spacial score (nSPS) is 10.5. The van der Waals surface area contributed by atoms with Gasteiger partial charge in [-0.2, -0.15) is 0 Å². The molecule has 1 heterocycles. The fourth-order valence-electron chi connectivity index (χ4n) is 1.42. The van der Waals surface area contributed by atoms with Gasteiger partial charge in [-0.05, 0) is 23.7 Å². The minimum atomic E-state index is -0.498. The van der Waals surface area contributed by atoms with E-state index in [1.807, 2.05) is 0 Å². The molecular weight excluding hydrogens is 198 g/mol. The number of nitroso groups, excluding NO2 is 1. The van der Waals surface area contributed by atoms with Crippen molar-refractivity contribution < 1.29 is 9.52 Å². The van der Waals surface area contributed by atoms with Crippen molar-refractivity contribution in [2.75, 3.05) is 0 Å². The second-order valence-corrected chi connectivity index (χ2v) is 3.18. The molecule has 1 aromatic carbocycles. The van der Waals surface area contributed by atoms with Gasteiger partial charge in [0.05, 0.1) is 0 Å². The molecule has 0 atom stereocenters. The van der Waals surface area contributed by atoms with Crippen molar-refractivity contribution in [1.29, 1.82) is 0 Å². The predicted molar refractivity (Wildman–Crippen MR) is 54.3 cm³/mol. The van der Waals surface area contributed by atoms with Crippen LogP contribution in [0.2, 0.25) is 0 Å². The highest BCUT2D eigenvalue weighted by atomic mass is 16.4. The summed E-state index contributed by atoms with van der Waals surface area (Å²) in [5.41, 5.74) is 0.278. The van der Waals surface area contributed by atoms with Gasteiger partial charge in [-0.25, -0.2) is 4.79 Å². The molecule has 0 unspecified atom stereocenters. The van der Waals surface area contributed by atoms with E-state index in [1.165, 1.54) is 18.2 Å². The minimum absolute atomic E-state index is 0.142. The van der Waals surface area contributed by atoms with Crippen molar-refractivity contribution in [3.05, 3.63) is 39.1 Å². The highest BCUT2D eigenvalue weighted by molar-refractivity contribution is 5.85. The van der Waals surface area contributed by atoms with Crippen LogP contribution in [-0.2, 0) is 0 Å². The maximum atomic E-state index is 11.1. The maximum Gasteiger partial charge on any atom is 0.336 e. The van der Waals surface area contributed by atoms with Crippen LogP contribution in [0, 0.1) is 11.8 Å². The molecule has 0 amide bonds. The summed E-state index contributed by atoms with van der Waals surface area (Å²) >= 11 is 0. The summed E-state index contributed by atoms with van der Waals surface area (Å²) in [5.74, 6) is -0.227. The predicted octanol–water partition coefficient (Wildman–Crippen LogP) is 2.20. The van der Waals surface area contributed by atoms with E-state index in [2.05, 4.69) is 5.18 Å². The Morgan fingerprint density at radius 3 is 2.73 bits per heavy atom. The molecule has 0 radical (unpaired) electrons. The largest absolute Gasteiger partial charge is 0.506 e. The van der Waals surface area contributed by atoms with Crippen molar-refractivity contribution in [1.82, 2.24) is 0 Å². The summed E-state index contributed by atoms with van der Waals surface area (Å²) in [5, 5.41) is 12.6. The SMILES string of the molecule is Cc1cc(=O)oc2cc(N=O)c(O)cc12. The third-order valence-corrected chi connectivity index (χ3v) is 2.14. The number of phenols is 1. The Hall–Kier alpha value is -2.17. The third-order valence-electron chi connectivity index (χ3n) is 2.14. The van der Waals surface area contributed by atoms with Gasteiger partial charge in [0.2, 0.25) is 0 Å². The molecule has 0 aliphatic rings. The first-order valence-electron chi connectivity index (χ1n) is 4.22. The highest BCUT2D eigenvalue weighted by Gasteiger charge is 2.08. The first-order chi connectivity index (χ1) is 7.11. The molecule has 15 heavy (non-hydrogen) atoms. The first kappa shape index (κ1) is 9.39. The van der Waals surface area contributed by atoms with E-state index in [4.69, 9.17) is 4.42 Å². The van der Waals surface area contributed by atoms with Crippen molar-refractivity contribution in [2.24, 2.45) is 5.18 Å². The van der Waals surface area contributed by atoms with Gasteiger partial charge in [0.1, 0.15) is 11.3 Å². The van der Waals surface area contributed by atoms with Crippen molar-refractivity contribution in [2.45, 2.75) is 6.92 Å². The quantitative estimate of drug-likeness (QED) is 0.571. The van der Waals surface area contributed by atoms with Gasteiger partial charge >= 0.3 is 5.63 Å². The molecule has 0 bridgehead atoms. The van der Waals surface area contributed by atoms with Crippen molar-refractivity contribution in [3.63, 3.8) is 0 Å². The monoisotopic (exact) mass is 205 g/mol. The average molecular weight is 205 g/mol. The minimum Gasteiger partial charge on any atom is -0.506 e. The van der Waals surface area contributed by atoms with Gasteiger partial charge in [-0.3, -0.25) is 0 Å². The van der Waals surface area contributed by atoms with Gasteiger partial charge in [0, 0.05) is 17.5 Å². The summed E-state index contributed by atoms with van der Waals surface area (Å²) in [6, 6.07) is 3.91. The van der Waals surface area contributed by atoms with Crippen molar-refractivity contribution >= 4 is 16.7 Å². The number of aromatic hydroxyl groups is 1. The van der Waals surface area contributed by atoms with Crippen LogP contribution in [0.5, 0.6) is 5.75 Å². The second-order valence-electron chi connectivity index (χ2n) is 3.18. The van der Waals surface area contributed by atoms with Crippen LogP contribution in [0.1, 0.15) is 5.56 Å². The number of nitrogens with zero attached hydrogens (tertiary/aromatic N) is 1. The van der Waals surface area contributed by atoms with Gasteiger partial charge in [-0.1, -0.05) is 0 Å². The van der Waals surface area contributed by atoms with E-state index in [0.29, 0.717) is 10.9 Å². The molecule has 0 saturated heterocycles. The number of hydrogen-bond donors (Lipinski definition) is 1.